The molecule has 7 rings (SSSR count). The molecule has 3 aromatic heterocycles. The Balaban J connectivity index is 1.30. The first-order chi connectivity index (χ1) is 25.3. The number of aromatic nitrogens is 4. The fraction of sp³-hybridized carbons (Fsp3) is 0.514. The number of aliphatic hydroxyl groups excluding tert-OH is 1. The number of fused-ring (bicyclic) bond motifs is 2. The lowest BCUT2D eigenvalue weighted by Gasteiger charge is -2.38. The maximum atomic E-state index is 14.6. The van der Waals surface area contributed by atoms with Crippen LogP contribution in [0.2, 0.25) is 0 Å². The largest absolute Gasteiger partial charge is 0.481 e. The maximum absolute atomic E-state index is 14.6. The second-order valence-electron chi connectivity index (χ2n) is 15.4. The van der Waals surface area contributed by atoms with Crippen molar-refractivity contribution in [3.63, 3.8) is 0 Å². The minimum absolute atomic E-state index is 0.00356. The summed E-state index contributed by atoms with van der Waals surface area (Å²) in [6, 6.07) is 8.36. The number of alkyl halides is 3. The Hall–Kier alpha value is -4.32. The summed E-state index contributed by atoms with van der Waals surface area (Å²) < 4.78 is 84.8. The van der Waals surface area contributed by atoms with Gasteiger partial charge in [0.2, 0.25) is 21.7 Å². The highest BCUT2D eigenvalue weighted by atomic mass is 32.2. The van der Waals surface area contributed by atoms with Crippen molar-refractivity contribution in [2.75, 3.05) is 25.1 Å². The normalized spacial score (nSPS) is 21.9. The molecule has 0 unspecified atom stereocenters. The molecule has 2 fully saturated rings. The molecular weight excluding hydrogens is 730 g/mol. The number of sulfonamides is 1. The Kier molecular flexibility index (Phi) is 9.46. The van der Waals surface area contributed by atoms with Crippen LogP contribution in [0.4, 0.5) is 19.0 Å². The number of hydrogen-bond acceptors (Lipinski definition) is 10. The van der Waals surface area contributed by atoms with Gasteiger partial charge in [0.15, 0.2) is 5.65 Å². The molecule has 0 bridgehead atoms. The number of hydrogen-bond donors (Lipinski definition) is 3. The van der Waals surface area contributed by atoms with Crippen molar-refractivity contribution < 1.29 is 46.1 Å². The van der Waals surface area contributed by atoms with E-state index in [0.29, 0.717) is 72.5 Å². The molecule has 5 heterocycles. The predicted octanol–water partition coefficient (Wildman–Crippen LogP) is 5.38. The number of nitrogens with zero attached hydrogens (tertiary/aromatic N) is 5. The molecule has 3 aliphatic rings. The summed E-state index contributed by atoms with van der Waals surface area (Å²) in [5.41, 5.74) is 0.807. The van der Waals surface area contributed by atoms with Crippen LogP contribution in [-0.2, 0) is 32.3 Å². The number of halogens is 3. The molecule has 1 spiro atoms. The summed E-state index contributed by atoms with van der Waals surface area (Å²) in [6.07, 6.45) is -2.00. The van der Waals surface area contributed by atoms with Gasteiger partial charge in [-0.2, -0.15) is 22.5 Å². The Labute approximate surface area is 310 Å². The topological polar surface area (TPSA) is 168 Å². The minimum atomic E-state index is -4.75. The van der Waals surface area contributed by atoms with Crippen LogP contribution in [0.15, 0.2) is 41.4 Å². The standard InChI is InChI=1S/C37H43F3N6O7S/c1-20-6-7-23(29(35(4,5)34(48)49)27-8-11-46-31(22(27)3)43-44-33(46)37(38,39)40)15-24(20)18-45-19-36(9-12-52-13-10-36)53-32-28(54(45,50)51)14-21(2)30(42-32)41-25-16-26(47)17-25/h6-8,11,14-15,25-26,29,47H,9-10,12-13,16-19H2,1-5H3,(H,41,42)(H,48,49)/t25-,26-,29-/m1/s1. The number of aliphatic carboxylic acids is 1. The zero-order valence-electron chi connectivity index (χ0n) is 30.6. The van der Waals surface area contributed by atoms with Gasteiger partial charge in [-0.25, -0.2) is 8.42 Å². The van der Waals surface area contributed by atoms with Gasteiger partial charge < -0.3 is 25.0 Å². The van der Waals surface area contributed by atoms with Crippen molar-refractivity contribution in [1.29, 1.82) is 0 Å². The maximum Gasteiger partial charge on any atom is 0.452 e. The molecule has 4 aromatic rings. The second-order valence-corrected chi connectivity index (χ2v) is 17.3. The summed E-state index contributed by atoms with van der Waals surface area (Å²) in [6.45, 7) is 8.92. The predicted molar refractivity (Wildman–Crippen MR) is 190 cm³/mol. The SMILES string of the molecule is Cc1ccc([C@H](c2ccn3c(C(F)(F)F)nnc3c2C)C(C)(C)C(=O)O)cc1CN1CC2(CCOCC2)Oc2nc(N[C@H]3C[C@H](O)C3)c(C)cc2S1(=O)=O. The Morgan fingerprint density at radius 1 is 1.07 bits per heavy atom. The number of aryl methyl sites for hydroxylation is 3. The third-order valence-corrected chi connectivity index (χ3v) is 12.9. The Morgan fingerprint density at radius 3 is 2.43 bits per heavy atom. The fourth-order valence-electron chi connectivity index (χ4n) is 7.74. The van der Waals surface area contributed by atoms with Gasteiger partial charge in [-0.15, -0.1) is 10.2 Å². The molecule has 1 aromatic carbocycles. The summed E-state index contributed by atoms with van der Waals surface area (Å²) >= 11 is 0. The van der Waals surface area contributed by atoms with Crippen molar-refractivity contribution in [2.45, 2.75) is 102 Å². The fourth-order valence-corrected chi connectivity index (χ4v) is 9.37. The number of aliphatic hydroxyl groups is 1. The average Bonchev–Trinajstić information content (AvgIpc) is 3.51. The lowest BCUT2D eigenvalue weighted by atomic mass is 9.70. The minimum Gasteiger partial charge on any atom is -0.481 e. The van der Waals surface area contributed by atoms with Gasteiger partial charge in [0.1, 0.15) is 16.3 Å². The van der Waals surface area contributed by atoms with Crippen molar-refractivity contribution in [3.05, 3.63) is 75.7 Å². The molecule has 54 heavy (non-hydrogen) atoms. The zero-order chi connectivity index (χ0) is 39.0. The number of ether oxygens (including phenoxy) is 2. The van der Waals surface area contributed by atoms with Gasteiger partial charge in [0.25, 0.3) is 0 Å². The van der Waals surface area contributed by atoms with Crippen molar-refractivity contribution in [1.82, 2.24) is 23.9 Å². The van der Waals surface area contributed by atoms with E-state index in [9.17, 15) is 36.6 Å². The van der Waals surface area contributed by atoms with Crippen LogP contribution in [0.5, 0.6) is 5.88 Å². The molecule has 1 saturated carbocycles. The number of pyridine rings is 2. The van der Waals surface area contributed by atoms with E-state index in [0.717, 1.165) is 9.96 Å². The third kappa shape index (κ3) is 6.68. The van der Waals surface area contributed by atoms with Gasteiger partial charge in [-0.3, -0.25) is 9.20 Å². The van der Waals surface area contributed by atoms with Gasteiger partial charge >= 0.3 is 12.1 Å². The van der Waals surface area contributed by atoms with Crippen LogP contribution in [0.25, 0.3) is 5.65 Å². The smallest absolute Gasteiger partial charge is 0.452 e. The summed E-state index contributed by atoms with van der Waals surface area (Å²) in [5, 5.41) is 30.8. The van der Waals surface area contributed by atoms with E-state index in [2.05, 4.69) is 15.5 Å². The van der Waals surface area contributed by atoms with Gasteiger partial charge in [-0.05, 0) is 93.0 Å². The number of rotatable bonds is 8. The third-order valence-electron chi connectivity index (χ3n) is 11.2. The van der Waals surface area contributed by atoms with E-state index in [1.807, 2.05) is 6.92 Å². The van der Waals surface area contributed by atoms with E-state index >= 15 is 0 Å². The monoisotopic (exact) mass is 772 g/mol. The van der Waals surface area contributed by atoms with E-state index in [1.54, 1.807) is 52.0 Å². The number of carboxylic acids is 1. The first-order valence-electron chi connectivity index (χ1n) is 17.8. The summed E-state index contributed by atoms with van der Waals surface area (Å²) in [5.74, 6) is -2.73. The summed E-state index contributed by atoms with van der Waals surface area (Å²) in [4.78, 5) is 17.4. The van der Waals surface area contributed by atoms with Crippen LogP contribution in [0.1, 0.15) is 84.7 Å². The highest BCUT2D eigenvalue weighted by Gasteiger charge is 2.47. The quantitative estimate of drug-likeness (QED) is 0.210. The number of carboxylic acid groups (broad SMARTS) is 1. The molecule has 1 atom stereocenters. The molecule has 17 heteroatoms. The number of nitrogens with one attached hydrogen (secondary N) is 1. The molecule has 13 nitrogen and oxygen atoms in total. The molecule has 2 aliphatic heterocycles. The first-order valence-corrected chi connectivity index (χ1v) is 19.2. The molecule has 1 saturated heterocycles. The van der Waals surface area contributed by atoms with Crippen molar-refractivity contribution in [3.8, 4) is 5.88 Å². The van der Waals surface area contributed by atoms with Crippen LogP contribution in [0, 0.1) is 26.2 Å². The first kappa shape index (κ1) is 38.0. The Morgan fingerprint density at radius 2 is 1.78 bits per heavy atom. The van der Waals surface area contributed by atoms with Gasteiger partial charge in [0, 0.05) is 37.5 Å². The van der Waals surface area contributed by atoms with E-state index < -0.39 is 44.9 Å². The number of carbonyl (C=O) groups is 1. The molecule has 0 radical (unpaired) electrons. The highest BCUT2D eigenvalue weighted by Crippen LogP contribution is 2.45. The van der Waals surface area contributed by atoms with Crippen LogP contribution >= 0.6 is 0 Å². The van der Waals surface area contributed by atoms with Crippen LogP contribution in [-0.4, -0.2) is 86.0 Å². The molecule has 0 amide bonds. The lowest BCUT2D eigenvalue weighted by molar-refractivity contribution is -0.147. The van der Waals surface area contributed by atoms with E-state index in [-0.39, 0.29) is 41.7 Å². The highest BCUT2D eigenvalue weighted by molar-refractivity contribution is 7.89. The molecular formula is C37H43F3N6O7S. The van der Waals surface area contributed by atoms with Crippen molar-refractivity contribution >= 4 is 27.5 Å². The van der Waals surface area contributed by atoms with E-state index in [1.165, 1.54) is 16.6 Å². The second kappa shape index (κ2) is 13.5. The molecule has 1 aliphatic carbocycles. The molecule has 3 N–H and O–H groups in total. The van der Waals surface area contributed by atoms with Crippen molar-refractivity contribution in [2.24, 2.45) is 5.41 Å². The number of anilines is 1. The zero-order valence-corrected chi connectivity index (χ0v) is 31.4. The van der Waals surface area contributed by atoms with Crippen LogP contribution < -0.4 is 10.1 Å². The van der Waals surface area contributed by atoms with Crippen LogP contribution in [0.3, 0.4) is 0 Å². The lowest BCUT2D eigenvalue weighted by Crippen LogP contribution is -2.50. The Bertz CT molecular complexity index is 2230. The number of benzene rings is 1. The summed E-state index contributed by atoms with van der Waals surface area (Å²) in [7, 11) is -4.21. The molecule has 290 valence electrons. The van der Waals surface area contributed by atoms with E-state index in [4.69, 9.17) is 14.5 Å². The van der Waals surface area contributed by atoms with Gasteiger partial charge in [0.05, 0.1) is 31.3 Å². The van der Waals surface area contributed by atoms with Gasteiger partial charge in [-0.1, -0.05) is 18.2 Å². The average molecular weight is 773 g/mol.